The number of aromatic nitrogens is 1. The van der Waals surface area contributed by atoms with Crippen LogP contribution in [0, 0.1) is 5.92 Å². The Labute approximate surface area is 153 Å². The Hall–Kier alpha value is -2.73. The second-order valence-electron chi connectivity index (χ2n) is 7.04. The van der Waals surface area contributed by atoms with Crippen LogP contribution in [0.15, 0.2) is 48.7 Å². The highest BCUT2D eigenvalue weighted by Crippen LogP contribution is 2.32. The van der Waals surface area contributed by atoms with Crippen LogP contribution in [0.3, 0.4) is 0 Å². The van der Waals surface area contributed by atoms with Crippen molar-refractivity contribution in [2.45, 2.75) is 38.1 Å². The van der Waals surface area contributed by atoms with E-state index in [-0.39, 0.29) is 17.7 Å². The summed E-state index contributed by atoms with van der Waals surface area (Å²) in [5, 5.41) is 5.64. The van der Waals surface area contributed by atoms with E-state index in [1.54, 1.807) is 48.7 Å². The maximum Gasteiger partial charge on any atom is 0.256 e. The van der Waals surface area contributed by atoms with Crippen LogP contribution in [0.25, 0.3) is 0 Å². The fourth-order valence-corrected chi connectivity index (χ4v) is 3.38. The van der Waals surface area contributed by atoms with E-state index in [1.807, 2.05) is 6.92 Å². The number of rotatable bonds is 4. The van der Waals surface area contributed by atoms with Gasteiger partial charge in [-0.1, -0.05) is 25.0 Å². The third-order valence-corrected chi connectivity index (χ3v) is 4.87. The van der Waals surface area contributed by atoms with Crippen molar-refractivity contribution in [2.75, 3.05) is 10.6 Å². The van der Waals surface area contributed by atoms with Gasteiger partial charge in [0.05, 0.1) is 5.92 Å². The summed E-state index contributed by atoms with van der Waals surface area (Å²) in [5.74, 6) is -0.103. The van der Waals surface area contributed by atoms with Gasteiger partial charge in [-0.25, -0.2) is 4.98 Å². The predicted octanol–water partition coefficient (Wildman–Crippen LogP) is 3.18. The molecule has 6 heteroatoms. The lowest BCUT2D eigenvalue weighted by Gasteiger charge is -2.37. The van der Waals surface area contributed by atoms with E-state index >= 15 is 0 Å². The Balaban J connectivity index is 1.69. The lowest BCUT2D eigenvalue weighted by Crippen LogP contribution is -2.51. The quantitative estimate of drug-likeness (QED) is 0.787. The van der Waals surface area contributed by atoms with Crippen LogP contribution >= 0.6 is 0 Å². The van der Waals surface area contributed by atoms with E-state index < -0.39 is 5.54 Å². The molecule has 0 bridgehead atoms. The lowest BCUT2D eigenvalue weighted by molar-refractivity contribution is -0.122. The van der Waals surface area contributed by atoms with Crippen molar-refractivity contribution >= 4 is 23.3 Å². The third kappa shape index (κ3) is 4.26. The molecule has 26 heavy (non-hydrogen) atoms. The van der Waals surface area contributed by atoms with Gasteiger partial charge < -0.3 is 16.4 Å². The molecule has 1 saturated carbocycles. The van der Waals surface area contributed by atoms with Crippen molar-refractivity contribution in [1.82, 2.24) is 4.98 Å². The molecule has 0 saturated heterocycles. The van der Waals surface area contributed by atoms with Gasteiger partial charge >= 0.3 is 0 Å². The molecule has 2 unspecified atom stereocenters. The normalized spacial score (nSPS) is 22.5. The molecular weight excluding hydrogens is 328 g/mol. The molecule has 2 atom stereocenters. The first-order valence-electron chi connectivity index (χ1n) is 8.88. The molecular formula is C20H24N4O2. The van der Waals surface area contributed by atoms with Crippen LogP contribution in [0.4, 0.5) is 11.5 Å². The summed E-state index contributed by atoms with van der Waals surface area (Å²) in [4.78, 5) is 29.1. The zero-order valence-corrected chi connectivity index (χ0v) is 14.9. The number of pyridine rings is 1. The lowest BCUT2D eigenvalue weighted by atomic mass is 9.74. The standard InChI is InChI=1S/C20H24N4O2/c1-20(21)11-4-2-9-16(20)19(26)23-15-8-6-7-14(13-15)18(25)24-17-10-3-5-12-22-17/h3,5-8,10,12-13,16H,2,4,9,11,21H2,1H3,(H,23,26)(H,22,24,25). The van der Waals surface area contributed by atoms with Crippen molar-refractivity contribution < 1.29 is 9.59 Å². The summed E-state index contributed by atoms with van der Waals surface area (Å²) >= 11 is 0. The van der Waals surface area contributed by atoms with Gasteiger partial charge in [-0.05, 0) is 50.1 Å². The second kappa shape index (κ2) is 7.66. The summed E-state index contributed by atoms with van der Waals surface area (Å²) in [6, 6.07) is 12.2. The van der Waals surface area contributed by atoms with E-state index in [4.69, 9.17) is 5.73 Å². The topological polar surface area (TPSA) is 97.1 Å². The van der Waals surface area contributed by atoms with Gasteiger partial charge in [0.25, 0.3) is 5.91 Å². The highest BCUT2D eigenvalue weighted by Gasteiger charge is 2.37. The van der Waals surface area contributed by atoms with Crippen LogP contribution in [0.2, 0.25) is 0 Å². The van der Waals surface area contributed by atoms with Gasteiger partial charge in [-0.15, -0.1) is 0 Å². The van der Waals surface area contributed by atoms with Gasteiger partial charge in [0.1, 0.15) is 5.82 Å². The van der Waals surface area contributed by atoms with Gasteiger partial charge in [-0.2, -0.15) is 0 Å². The Morgan fingerprint density at radius 1 is 1.15 bits per heavy atom. The molecule has 0 spiro atoms. The Morgan fingerprint density at radius 3 is 2.73 bits per heavy atom. The minimum atomic E-state index is -0.490. The van der Waals surface area contributed by atoms with E-state index in [0.29, 0.717) is 17.1 Å². The average Bonchev–Trinajstić information content (AvgIpc) is 2.62. The average molecular weight is 352 g/mol. The molecule has 0 aliphatic heterocycles. The molecule has 2 amide bonds. The number of nitrogens with zero attached hydrogens (tertiary/aromatic N) is 1. The molecule has 1 fully saturated rings. The van der Waals surface area contributed by atoms with E-state index in [0.717, 1.165) is 25.7 Å². The summed E-state index contributed by atoms with van der Waals surface area (Å²) in [7, 11) is 0. The zero-order valence-electron chi connectivity index (χ0n) is 14.9. The number of carbonyl (C=O) groups excluding carboxylic acids is 2. The summed E-state index contributed by atoms with van der Waals surface area (Å²) in [5.41, 5.74) is 6.86. The highest BCUT2D eigenvalue weighted by molar-refractivity contribution is 6.05. The van der Waals surface area contributed by atoms with Gasteiger partial charge in [0.15, 0.2) is 0 Å². The Morgan fingerprint density at radius 2 is 2.00 bits per heavy atom. The second-order valence-corrected chi connectivity index (χ2v) is 7.04. The maximum atomic E-state index is 12.7. The van der Waals surface area contributed by atoms with Crippen molar-refractivity contribution in [3.63, 3.8) is 0 Å². The molecule has 1 aromatic carbocycles. The maximum absolute atomic E-state index is 12.7. The van der Waals surface area contributed by atoms with Crippen molar-refractivity contribution in [3.05, 3.63) is 54.2 Å². The fraction of sp³-hybridized carbons (Fsp3) is 0.350. The van der Waals surface area contributed by atoms with E-state index in [1.165, 1.54) is 0 Å². The minimum Gasteiger partial charge on any atom is -0.326 e. The zero-order chi connectivity index (χ0) is 18.6. The minimum absolute atomic E-state index is 0.0861. The first-order valence-corrected chi connectivity index (χ1v) is 8.88. The molecule has 6 nitrogen and oxygen atoms in total. The van der Waals surface area contributed by atoms with Crippen LogP contribution in [-0.2, 0) is 4.79 Å². The van der Waals surface area contributed by atoms with E-state index in [2.05, 4.69) is 15.6 Å². The smallest absolute Gasteiger partial charge is 0.256 e. The highest BCUT2D eigenvalue weighted by atomic mass is 16.2. The SMILES string of the molecule is CC1(N)CCCCC1C(=O)Nc1cccc(C(=O)Nc2ccccn2)c1. The molecule has 1 heterocycles. The molecule has 2 aromatic rings. The third-order valence-electron chi connectivity index (χ3n) is 4.87. The van der Waals surface area contributed by atoms with Crippen LogP contribution < -0.4 is 16.4 Å². The first-order chi connectivity index (χ1) is 12.5. The number of nitrogens with two attached hydrogens (primary N) is 1. The number of anilines is 2. The fourth-order valence-electron chi connectivity index (χ4n) is 3.38. The Kier molecular flexibility index (Phi) is 5.32. The number of amides is 2. The van der Waals surface area contributed by atoms with Crippen LogP contribution in [0.1, 0.15) is 43.0 Å². The number of carbonyl (C=O) groups is 2. The molecule has 0 radical (unpaired) electrons. The van der Waals surface area contributed by atoms with Crippen molar-refractivity contribution in [1.29, 1.82) is 0 Å². The monoisotopic (exact) mass is 352 g/mol. The number of benzene rings is 1. The molecule has 1 aromatic heterocycles. The first kappa shape index (κ1) is 18.1. The molecule has 1 aliphatic carbocycles. The number of hydrogen-bond acceptors (Lipinski definition) is 4. The van der Waals surface area contributed by atoms with Crippen LogP contribution in [0.5, 0.6) is 0 Å². The molecule has 1 aliphatic rings. The largest absolute Gasteiger partial charge is 0.326 e. The van der Waals surface area contributed by atoms with Gasteiger partial charge in [-0.3, -0.25) is 9.59 Å². The van der Waals surface area contributed by atoms with Crippen molar-refractivity contribution in [3.8, 4) is 0 Å². The van der Waals surface area contributed by atoms with E-state index in [9.17, 15) is 9.59 Å². The number of hydrogen-bond donors (Lipinski definition) is 3. The summed E-state index contributed by atoms with van der Waals surface area (Å²) < 4.78 is 0. The van der Waals surface area contributed by atoms with Gasteiger partial charge in [0, 0.05) is 23.0 Å². The predicted molar refractivity (Wildman–Crippen MR) is 102 cm³/mol. The van der Waals surface area contributed by atoms with Gasteiger partial charge in [0.2, 0.25) is 5.91 Å². The molecule has 4 N–H and O–H groups in total. The molecule has 3 rings (SSSR count). The van der Waals surface area contributed by atoms with Crippen molar-refractivity contribution in [2.24, 2.45) is 11.7 Å². The van der Waals surface area contributed by atoms with Crippen LogP contribution in [-0.4, -0.2) is 22.3 Å². The summed E-state index contributed by atoms with van der Waals surface area (Å²) in [6.45, 7) is 1.94. The molecule has 136 valence electrons. The Bertz CT molecular complexity index is 789. The number of nitrogens with one attached hydrogen (secondary N) is 2. The summed E-state index contributed by atoms with van der Waals surface area (Å²) in [6.07, 6.45) is 5.31.